The number of hydrogen-bond acceptors (Lipinski definition) is 2. The molecule has 2 aromatic rings. The van der Waals surface area contributed by atoms with E-state index >= 15 is 0 Å². The molecule has 0 spiro atoms. The Bertz CT molecular complexity index is 584. The minimum Gasteiger partial charge on any atom is -0.480 e. The maximum atomic E-state index is 12.3. The summed E-state index contributed by atoms with van der Waals surface area (Å²) in [5.41, 5.74) is 2.19. The molecule has 20 heavy (non-hydrogen) atoms. The smallest absolute Gasteiger partial charge is 0.261 e. The van der Waals surface area contributed by atoms with Gasteiger partial charge in [-0.2, -0.15) is 0 Å². The minimum absolute atomic E-state index is 0.0176. The third-order valence-corrected chi connectivity index (χ3v) is 3.60. The van der Waals surface area contributed by atoms with Gasteiger partial charge in [-0.25, -0.2) is 0 Å². The van der Waals surface area contributed by atoms with Crippen LogP contribution in [0.15, 0.2) is 54.6 Å². The van der Waals surface area contributed by atoms with E-state index in [9.17, 15) is 4.79 Å². The van der Waals surface area contributed by atoms with E-state index < -0.39 is 6.10 Å². The molecular weight excluding hydrogens is 250 g/mol. The van der Waals surface area contributed by atoms with E-state index in [1.807, 2.05) is 61.5 Å². The first kappa shape index (κ1) is 12.7. The average molecular weight is 267 g/mol. The van der Waals surface area contributed by atoms with Gasteiger partial charge in [0.15, 0.2) is 6.10 Å². The zero-order chi connectivity index (χ0) is 13.9. The van der Waals surface area contributed by atoms with Gasteiger partial charge in [0.1, 0.15) is 5.75 Å². The fraction of sp³-hybridized carbons (Fsp3) is 0.235. The van der Waals surface area contributed by atoms with Gasteiger partial charge in [-0.3, -0.25) is 4.79 Å². The molecule has 0 aromatic heterocycles. The van der Waals surface area contributed by atoms with E-state index in [0.29, 0.717) is 6.42 Å². The fourth-order valence-corrected chi connectivity index (χ4v) is 2.46. The Hall–Kier alpha value is -2.29. The lowest BCUT2D eigenvalue weighted by molar-refractivity contribution is -0.127. The normalized spacial score (nSPS) is 17.9. The third-order valence-electron chi connectivity index (χ3n) is 3.60. The zero-order valence-electron chi connectivity index (χ0n) is 11.4. The highest BCUT2D eigenvalue weighted by molar-refractivity contribution is 5.82. The van der Waals surface area contributed by atoms with E-state index in [4.69, 9.17) is 4.74 Å². The molecule has 0 bridgehead atoms. The van der Waals surface area contributed by atoms with Gasteiger partial charge < -0.3 is 10.1 Å². The molecule has 1 N–H and O–H groups in total. The molecule has 1 aliphatic rings. The van der Waals surface area contributed by atoms with Crippen LogP contribution in [0, 0.1) is 0 Å². The molecule has 1 amide bonds. The van der Waals surface area contributed by atoms with Crippen molar-refractivity contribution in [3.05, 3.63) is 65.7 Å². The van der Waals surface area contributed by atoms with Crippen LogP contribution in [0.25, 0.3) is 0 Å². The predicted molar refractivity (Wildman–Crippen MR) is 77.6 cm³/mol. The highest BCUT2D eigenvalue weighted by Gasteiger charge is 2.29. The van der Waals surface area contributed by atoms with Crippen molar-refractivity contribution in [2.75, 3.05) is 0 Å². The van der Waals surface area contributed by atoms with Crippen molar-refractivity contribution in [2.45, 2.75) is 25.5 Å². The van der Waals surface area contributed by atoms with Crippen molar-refractivity contribution in [1.29, 1.82) is 0 Å². The molecule has 0 saturated heterocycles. The van der Waals surface area contributed by atoms with Crippen LogP contribution in [-0.2, 0) is 11.2 Å². The number of nitrogens with one attached hydrogen (secondary N) is 1. The molecule has 2 atom stereocenters. The Kier molecular flexibility index (Phi) is 3.42. The van der Waals surface area contributed by atoms with Crippen LogP contribution < -0.4 is 10.1 Å². The largest absolute Gasteiger partial charge is 0.480 e. The van der Waals surface area contributed by atoms with Crippen LogP contribution in [0.2, 0.25) is 0 Å². The Morgan fingerprint density at radius 3 is 2.60 bits per heavy atom. The lowest BCUT2D eigenvalue weighted by Crippen LogP contribution is -2.38. The predicted octanol–water partition coefficient (Wildman–Crippen LogP) is 2.87. The van der Waals surface area contributed by atoms with Crippen LogP contribution in [0.3, 0.4) is 0 Å². The molecule has 1 heterocycles. The van der Waals surface area contributed by atoms with Gasteiger partial charge in [-0.05, 0) is 24.1 Å². The van der Waals surface area contributed by atoms with Crippen LogP contribution in [0.4, 0.5) is 0 Å². The summed E-state index contributed by atoms with van der Waals surface area (Å²) in [5, 5.41) is 3.01. The maximum Gasteiger partial charge on any atom is 0.261 e. The summed E-state index contributed by atoms with van der Waals surface area (Å²) in [7, 11) is 0. The standard InChI is InChI=1S/C17H17NO2/c1-12(13-7-3-2-4-8-13)18-17(19)16-11-14-9-5-6-10-15(14)20-16/h2-10,12,16H,11H2,1H3,(H,18,19). The van der Waals surface area contributed by atoms with Crippen molar-refractivity contribution >= 4 is 5.91 Å². The van der Waals surface area contributed by atoms with Gasteiger partial charge in [-0.15, -0.1) is 0 Å². The number of rotatable bonds is 3. The van der Waals surface area contributed by atoms with Crippen LogP contribution >= 0.6 is 0 Å². The highest BCUT2D eigenvalue weighted by Crippen LogP contribution is 2.28. The van der Waals surface area contributed by atoms with Crippen molar-refractivity contribution in [3.63, 3.8) is 0 Å². The van der Waals surface area contributed by atoms with Gasteiger partial charge in [0.05, 0.1) is 6.04 Å². The summed E-state index contributed by atoms with van der Waals surface area (Å²) in [6.45, 7) is 1.98. The maximum absolute atomic E-state index is 12.3. The monoisotopic (exact) mass is 267 g/mol. The Balaban J connectivity index is 1.64. The molecule has 3 heteroatoms. The number of para-hydroxylation sites is 1. The number of benzene rings is 2. The van der Waals surface area contributed by atoms with Gasteiger partial charge in [0, 0.05) is 6.42 Å². The number of hydrogen-bond donors (Lipinski definition) is 1. The summed E-state index contributed by atoms with van der Waals surface area (Å²) in [6.07, 6.45) is 0.224. The summed E-state index contributed by atoms with van der Waals surface area (Å²) < 4.78 is 5.69. The topological polar surface area (TPSA) is 38.3 Å². The number of fused-ring (bicyclic) bond motifs is 1. The lowest BCUT2D eigenvalue weighted by atomic mass is 10.1. The molecular formula is C17H17NO2. The molecule has 1 aliphatic heterocycles. The average Bonchev–Trinajstić information content (AvgIpc) is 2.92. The van der Waals surface area contributed by atoms with Gasteiger partial charge >= 0.3 is 0 Å². The first-order valence-electron chi connectivity index (χ1n) is 6.84. The van der Waals surface area contributed by atoms with Crippen LogP contribution in [-0.4, -0.2) is 12.0 Å². The second kappa shape index (κ2) is 5.37. The number of ether oxygens (including phenoxy) is 1. The van der Waals surface area contributed by atoms with Crippen molar-refractivity contribution in [1.82, 2.24) is 5.32 Å². The summed E-state index contributed by atoms with van der Waals surface area (Å²) in [4.78, 5) is 12.3. The summed E-state index contributed by atoms with van der Waals surface area (Å²) in [6, 6.07) is 17.7. The summed E-state index contributed by atoms with van der Waals surface area (Å²) in [5.74, 6) is 0.762. The van der Waals surface area contributed by atoms with Gasteiger partial charge in [-0.1, -0.05) is 48.5 Å². The Labute approximate surface area is 118 Å². The van der Waals surface area contributed by atoms with Crippen LogP contribution in [0.1, 0.15) is 24.1 Å². The van der Waals surface area contributed by atoms with Gasteiger partial charge in [0.2, 0.25) is 0 Å². The zero-order valence-corrected chi connectivity index (χ0v) is 11.4. The third kappa shape index (κ3) is 2.52. The van der Waals surface area contributed by atoms with E-state index in [1.54, 1.807) is 0 Å². The highest BCUT2D eigenvalue weighted by atomic mass is 16.5. The second-order valence-corrected chi connectivity index (χ2v) is 5.06. The molecule has 2 unspecified atom stereocenters. The molecule has 0 radical (unpaired) electrons. The number of amides is 1. The first-order valence-corrected chi connectivity index (χ1v) is 6.84. The minimum atomic E-state index is -0.418. The second-order valence-electron chi connectivity index (χ2n) is 5.06. The fourth-order valence-electron chi connectivity index (χ4n) is 2.46. The van der Waals surface area contributed by atoms with E-state index in [1.165, 1.54) is 0 Å². The quantitative estimate of drug-likeness (QED) is 0.928. The number of carbonyl (C=O) groups is 1. The van der Waals surface area contributed by atoms with E-state index in [2.05, 4.69) is 5.32 Å². The molecule has 0 saturated carbocycles. The SMILES string of the molecule is CC(NC(=O)C1Cc2ccccc2O1)c1ccccc1. The molecule has 2 aromatic carbocycles. The van der Waals surface area contributed by atoms with Crippen molar-refractivity contribution in [3.8, 4) is 5.75 Å². The first-order chi connectivity index (χ1) is 9.74. The van der Waals surface area contributed by atoms with E-state index in [-0.39, 0.29) is 11.9 Å². The Morgan fingerprint density at radius 2 is 1.85 bits per heavy atom. The number of carbonyl (C=O) groups excluding carboxylic acids is 1. The van der Waals surface area contributed by atoms with E-state index in [0.717, 1.165) is 16.9 Å². The molecule has 102 valence electrons. The lowest BCUT2D eigenvalue weighted by Gasteiger charge is -2.17. The molecule has 0 fully saturated rings. The Morgan fingerprint density at radius 1 is 1.15 bits per heavy atom. The van der Waals surface area contributed by atoms with Crippen molar-refractivity contribution in [2.24, 2.45) is 0 Å². The van der Waals surface area contributed by atoms with Crippen LogP contribution in [0.5, 0.6) is 5.75 Å². The van der Waals surface area contributed by atoms with Gasteiger partial charge in [0.25, 0.3) is 5.91 Å². The van der Waals surface area contributed by atoms with Crippen molar-refractivity contribution < 1.29 is 9.53 Å². The molecule has 3 nitrogen and oxygen atoms in total. The molecule has 0 aliphatic carbocycles. The molecule has 3 rings (SSSR count). The summed E-state index contributed by atoms with van der Waals surface area (Å²) >= 11 is 0.